The second kappa shape index (κ2) is 22.9. The Morgan fingerprint density at radius 1 is 0.909 bits per heavy atom. The molecule has 66 valence electrons. The Kier molecular flexibility index (Phi) is 34.6. The second-order valence-corrected chi connectivity index (χ2v) is 0.576. The average Bonchev–Trinajstić information content (AvgIpc) is 1.93. The van der Waals surface area contributed by atoms with Gasteiger partial charge in [0.2, 0.25) is 0 Å². The second-order valence-electron chi connectivity index (χ2n) is 0.576. The van der Waals surface area contributed by atoms with Crippen molar-refractivity contribution in [1.82, 2.24) is 0 Å². The van der Waals surface area contributed by atoms with E-state index in [0.29, 0.717) is 0 Å². The number of rotatable bonds is 0. The van der Waals surface area contributed by atoms with Gasteiger partial charge in [0, 0.05) is 20.4 Å². The fourth-order valence-electron chi connectivity index (χ4n) is 0.0345. The normalized spacial score (nSPS) is 4.00. The van der Waals surface area contributed by atoms with Crippen molar-refractivity contribution in [3.8, 4) is 24.6 Å². The molecule has 0 bridgehead atoms. The fraction of sp³-hybridized carbons (Fsp3) is 0. The van der Waals surface area contributed by atoms with Gasteiger partial charge in [0.25, 0.3) is 0 Å². The first-order chi connectivity index (χ1) is 4.83. The van der Waals surface area contributed by atoms with Crippen LogP contribution in [0.4, 0.5) is 8.78 Å². The maximum Gasteiger partial charge on any atom is 0.193 e. The third-order valence-corrected chi connectivity index (χ3v) is 0.168. The zero-order valence-electron chi connectivity index (χ0n) is 4.78. The van der Waals surface area contributed by atoms with E-state index in [1.54, 1.807) is 0 Å². The van der Waals surface area contributed by atoms with E-state index in [1.807, 2.05) is 0 Å². The Morgan fingerprint density at radius 2 is 1.18 bits per heavy atom. The first-order valence-corrected chi connectivity index (χ1v) is 1.65. The van der Waals surface area contributed by atoms with Gasteiger partial charge in [-0.1, -0.05) is 0 Å². The van der Waals surface area contributed by atoms with Crippen LogP contribution in [0.15, 0.2) is 0 Å². The fourth-order valence-corrected chi connectivity index (χ4v) is 0.0345. The molecule has 0 saturated heterocycles. The van der Waals surface area contributed by atoms with Crippen molar-refractivity contribution in [2.45, 2.75) is 0 Å². The van der Waals surface area contributed by atoms with Crippen LogP contribution < -0.4 is 0 Å². The summed E-state index contributed by atoms with van der Waals surface area (Å²) < 4.78 is 20.7. The molecule has 4 nitrogen and oxygen atoms in total. The molecule has 0 aliphatic rings. The average molecular weight is 258 g/mol. The molecule has 0 aromatic carbocycles. The molecule has 2 N–H and O–H groups in total. The summed E-state index contributed by atoms with van der Waals surface area (Å²) in [5, 5.41) is 14.3. The van der Waals surface area contributed by atoms with E-state index in [9.17, 15) is 8.78 Å². The van der Waals surface area contributed by atoms with Crippen molar-refractivity contribution >= 4 is 0 Å². The molecule has 0 radical (unpaired) electrons. The zero-order valence-corrected chi connectivity index (χ0v) is 6.34. The van der Waals surface area contributed by atoms with Crippen LogP contribution in [0.25, 0.3) is 0 Å². The summed E-state index contributed by atoms with van der Waals surface area (Å²) in [4.78, 5) is 5.91. The van der Waals surface area contributed by atoms with Gasteiger partial charge in [-0.2, -0.15) is 10.5 Å². The summed E-state index contributed by atoms with van der Waals surface area (Å²) >= 11 is 0. The third-order valence-electron chi connectivity index (χ3n) is 0.168. The van der Waals surface area contributed by atoms with E-state index in [-0.39, 0.29) is 20.4 Å². The van der Waals surface area contributed by atoms with Crippen LogP contribution in [0.3, 0.4) is 0 Å². The Bertz CT molecular complexity index is 144. The van der Waals surface area contributed by atoms with Crippen LogP contribution in [-0.4, -0.2) is 10.5 Å². The van der Waals surface area contributed by atoms with Gasteiger partial charge >= 0.3 is 0 Å². The van der Waals surface area contributed by atoms with Crippen molar-refractivity contribution in [3.05, 3.63) is 0 Å². The molecule has 0 spiro atoms. The Balaban J connectivity index is -0.000000107. The number of halogens is 2. The topological polar surface area (TPSA) is 58.9 Å². The molecule has 11 heavy (non-hydrogen) atoms. The first kappa shape index (κ1) is 16.6. The van der Waals surface area contributed by atoms with Crippen molar-refractivity contribution in [2.24, 2.45) is 0 Å². The zero-order chi connectivity index (χ0) is 8.24. The number of hydrogen-bond donors (Lipinski definition) is 2. The molecule has 0 fully saturated rings. The summed E-state index contributed by atoms with van der Waals surface area (Å²) in [6, 6.07) is 0. The predicted molar refractivity (Wildman–Crippen MR) is 25.2 cm³/mol. The Hall–Kier alpha value is -0.838. The minimum atomic E-state index is 0. The van der Waals surface area contributed by atoms with E-state index < -0.39 is 0 Å². The molecule has 0 amide bonds. The third kappa shape index (κ3) is 47.0. The summed E-state index contributed by atoms with van der Waals surface area (Å²) in [5.41, 5.74) is 0. The quantitative estimate of drug-likeness (QED) is 0.291. The van der Waals surface area contributed by atoms with Crippen LogP contribution >= 0.6 is 0 Å². The smallest absolute Gasteiger partial charge is 0.193 e. The molecule has 0 unspecified atom stereocenters. The van der Waals surface area contributed by atoms with Gasteiger partial charge in [-0.15, -0.1) is 8.78 Å². The van der Waals surface area contributed by atoms with E-state index >= 15 is 0 Å². The first-order valence-electron chi connectivity index (χ1n) is 1.65. The minimum absolute atomic E-state index is 0. The van der Waals surface area contributed by atoms with Gasteiger partial charge in [-0.05, 0) is 0 Å². The van der Waals surface area contributed by atoms with Gasteiger partial charge < -0.3 is 0 Å². The van der Waals surface area contributed by atoms with Gasteiger partial charge in [0.15, 0.2) is 24.6 Å². The van der Waals surface area contributed by atoms with E-state index in [0.717, 1.165) is 12.3 Å². The van der Waals surface area contributed by atoms with Crippen LogP contribution in [0, 0.1) is 24.6 Å². The van der Waals surface area contributed by atoms with Crippen molar-refractivity contribution in [2.75, 3.05) is 0 Å². The summed E-state index contributed by atoms with van der Waals surface area (Å²) in [5.74, 6) is 0. The molecule has 0 aromatic heterocycles. The summed E-state index contributed by atoms with van der Waals surface area (Å²) in [6.45, 7) is 0. The molecule has 0 rings (SSSR count). The van der Waals surface area contributed by atoms with Crippen molar-refractivity contribution in [1.29, 1.82) is 0 Å². The van der Waals surface area contributed by atoms with Crippen LogP contribution in [0.2, 0.25) is 0 Å². The van der Waals surface area contributed by atoms with E-state index in [4.69, 9.17) is 10.5 Å². The van der Waals surface area contributed by atoms with Gasteiger partial charge in [0.1, 0.15) is 0 Å². The van der Waals surface area contributed by atoms with E-state index in [2.05, 4.69) is 9.78 Å². The Morgan fingerprint density at radius 3 is 1.18 bits per heavy atom. The number of hydrogen-bond acceptors (Lipinski definition) is 4. The molecular formula is C4H2F2O4Pd. The summed E-state index contributed by atoms with van der Waals surface area (Å²) in [7, 11) is 0. The largest absolute Gasteiger partial charge is 0.282 e. The molecule has 0 heterocycles. The SMILES string of the molecule is OOC#CF.OOC#CF.[Pd]. The van der Waals surface area contributed by atoms with Gasteiger partial charge in [0.05, 0.1) is 0 Å². The molecule has 0 aliphatic carbocycles. The molecule has 0 aliphatic heterocycles. The summed E-state index contributed by atoms with van der Waals surface area (Å²) in [6.07, 6.45) is 4.09. The van der Waals surface area contributed by atoms with Crippen molar-refractivity contribution < 1.29 is 49.5 Å². The van der Waals surface area contributed by atoms with Crippen LogP contribution in [0.5, 0.6) is 0 Å². The Labute approximate surface area is 74.6 Å². The van der Waals surface area contributed by atoms with Gasteiger partial charge in [-0.25, -0.2) is 0 Å². The van der Waals surface area contributed by atoms with Crippen LogP contribution in [0.1, 0.15) is 0 Å². The molecule has 0 aromatic rings. The standard InChI is InChI=1S/2C2HFO2.Pd/c2*3-1-2-5-4;/h2*4H;. The maximum absolute atomic E-state index is 10.3. The minimum Gasteiger partial charge on any atom is -0.282 e. The molecule has 0 saturated carbocycles. The maximum atomic E-state index is 10.3. The molecule has 7 heteroatoms. The predicted octanol–water partition coefficient (Wildman–Crippen LogP) is 0.725. The van der Waals surface area contributed by atoms with Crippen molar-refractivity contribution in [3.63, 3.8) is 0 Å². The molecule has 0 atom stereocenters. The monoisotopic (exact) mass is 258 g/mol. The van der Waals surface area contributed by atoms with Crippen LogP contribution in [-0.2, 0) is 30.2 Å². The van der Waals surface area contributed by atoms with Gasteiger partial charge in [-0.3, -0.25) is 9.78 Å². The molecular weight excluding hydrogens is 256 g/mol. The van der Waals surface area contributed by atoms with E-state index in [1.165, 1.54) is 12.2 Å².